The molecular formula is C17H25N3O2. The average Bonchev–Trinajstić information content (AvgIpc) is 3.08. The monoisotopic (exact) mass is 303 g/mol. The van der Waals surface area contributed by atoms with E-state index in [4.69, 9.17) is 0 Å². The van der Waals surface area contributed by atoms with Crippen LogP contribution in [-0.4, -0.2) is 47.9 Å². The Labute approximate surface area is 132 Å². The molecule has 1 aromatic carbocycles. The molecule has 5 heteroatoms. The first-order chi connectivity index (χ1) is 10.7. The summed E-state index contributed by atoms with van der Waals surface area (Å²) in [5, 5.41) is 2.93. The lowest BCUT2D eigenvalue weighted by atomic mass is 10.1. The molecule has 0 aromatic heterocycles. The van der Waals surface area contributed by atoms with E-state index in [1.807, 2.05) is 43.0 Å². The third-order valence-electron chi connectivity index (χ3n) is 4.09. The molecule has 0 spiro atoms. The number of hydrogen-bond donors (Lipinski definition) is 1. The quantitative estimate of drug-likeness (QED) is 0.908. The number of likely N-dealkylation sites (tertiary alicyclic amines) is 1. The van der Waals surface area contributed by atoms with Crippen molar-refractivity contribution in [2.24, 2.45) is 0 Å². The molecule has 22 heavy (non-hydrogen) atoms. The minimum Gasteiger partial charge on any atom is -0.339 e. The Morgan fingerprint density at radius 2 is 1.68 bits per heavy atom. The smallest absolute Gasteiger partial charge is 0.317 e. The summed E-state index contributed by atoms with van der Waals surface area (Å²) in [4.78, 5) is 27.8. The number of rotatable bonds is 5. The Morgan fingerprint density at radius 3 is 2.23 bits per heavy atom. The van der Waals surface area contributed by atoms with Crippen LogP contribution in [0.1, 0.15) is 42.6 Å². The first kappa shape index (κ1) is 16.3. The van der Waals surface area contributed by atoms with Gasteiger partial charge < -0.3 is 15.1 Å². The van der Waals surface area contributed by atoms with Crippen LogP contribution in [-0.2, 0) is 6.54 Å². The van der Waals surface area contributed by atoms with Gasteiger partial charge in [0.05, 0.1) is 0 Å². The van der Waals surface area contributed by atoms with E-state index < -0.39 is 0 Å². The molecule has 1 N–H and O–H groups in total. The number of urea groups is 1. The second-order valence-electron chi connectivity index (χ2n) is 5.53. The minimum atomic E-state index is 0.000735. The van der Waals surface area contributed by atoms with Crippen molar-refractivity contribution in [1.29, 1.82) is 0 Å². The average molecular weight is 303 g/mol. The predicted molar refractivity (Wildman–Crippen MR) is 86.7 cm³/mol. The van der Waals surface area contributed by atoms with Gasteiger partial charge in [-0.05, 0) is 44.4 Å². The van der Waals surface area contributed by atoms with Gasteiger partial charge in [0.25, 0.3) is 5.91 Å². The van der Waals surface area contributed by atoms with Gasteiger partial charge in [0, 0.05) is 38.3 Å². The van der Waals surface area contributed by atoms with Crippen LogP contribution < -0.4 is 5.32 Å². The fourth-order valence-electron chi connectivity index (χ4n) is 2.67. The van der Waals surface area contributed by atoms with Crippen LogP contribution in [0.15, 0.2) is 24.3 Å². The number of carbonyl (C=O) groups excluding carboxylic acids is 2. The van der Waals surface area contributed by atoms with Crippen molar-refractivity contribution in [1.82, 2.24) is 15.1 Å². The van der Waals surface area contributed by atoms with Gasteiger partial charge in [-0.3, -0.25) is 4.79 Å². The summed E-state index contributed by atoms with van der Waals surface area (Å²) in [6, 6.07) is 7.47. The second kappa shape index (κ2) is 7.82. The van der Waals surface area contributed by atoms with Gasteiger partial charge in [-0.15, -0.1) is 0 Å². The lowest BCUT2D eigenvalue weighted by Gasteiger charge is -2.19. The van der Waals surface area contributed by atoms with Crippen molar-refractivity contribution >= 4 is 11.9 Å². The zero-order valence-corrected chi connectivity index (χ0v) is 13.5. The number of benzene rings is 1. The molecule has 120 valence electrons. The second-order valence-corrected chi connectivity index (χ2v) is 5.53. The van der Waals surface area contributed by atoms with Gasteiger partial charge in [-0.2, -0.15) is 0 Å². The minimum absolute atomic E-state index is 0.000735. The molecule has 0 radical (unpaired) electrons. The van der Waals surface area contributed by atoms with Crippen LogP contribution in [0.4, 0.5) is 4.79 Å². The SMILES string of the molecule is CCN(CC)C(=O)c1ccc(CNC(=O)N2CCCC2)cc1. The Bertz CT molecular complexity index is 503. The molecule has 0 atom stereocenters. The molecular weight excluding hydrogens is 278 g/mol. The molecule has 0 unspecified atom stereocenters. The zero-order valence-electron chi connectivity index (χ0n) is 13.5. The van der Waals surface area contributed by atoms with Crippen molar-refractivity contribution in [2.45, 2.75) is 33.2 Å². The Morgan fingerprint density at radius 1 is 1.09 bits per heavy atom. The Kier molecular flexibility index (Phi) is 5.81. The first-order valence-corrected chi connectivity index (χ1v) is 8.06. The highest BCUT2D eigenvalue weighted by molar-refractivity contribution is 5.94. The molecule has 1 aromatic rings. The maximum atomic E-state index is 12.2. The maximum Gasteiger partial charge on any atom is 0.317 e. The third kappa shape index (κ3) is 4.00. The lowest BCUT2D eigenvalue weighted by molar-refractivity contribution is 0.0773. The van der Waals surface area contributed by atoms with Crippen molar-refractivity contribution < 1.29 is 9.59 Å². The molecule has 1 saturated heterocycles. The van der Waals surface area contributed by atoms with Crippen LogP contribution in [0.25, 0.3) is 0 Å². The highest BCUT2D eigenvalue weighted by Crippen LogP contribution is 2.10. The molecule has 2 rings (SSSR count). The summed E-state index contributed by atoms with van der Waals surface area (Å²) in [5.74, 6) is 0.0534. The number of nitrogens with zero attached hydrogens (tertiary/aromatic N) is 2. The standard InChI is InChI=1S/C17H25N3O2/c1-3-19(4-2)16(21)15-9-7-14(8-10-15)13-18-17(22)20-11-5-6-12-20/h7-10H,3-6,11-13H2,1-2H3,(H,18,22). The van der Waals surface area contributed by atoms with E-state index in [2.05, 4.69) is 5.32 Å². The van der Waals surface area contributed by atoms with Crippen LogP contribution in [0, 0.1) is 0 Å². The van der Waals surface area contributed by atoms with Crippen molar-refractivity contribution in [3.05, 3.63) is 35.4 Å². The molecule has 0 aliphatic carbocycles. The zero-order chi connectivity index (χ0) is 15.9. The third-order valence-corrected chi connectivity index (χ3v) is 4.09. The largest absolute Gasteiger partial charge is 0.339 e. The number of nitrogens with one attached hydrogen (secondary N) is 1. The Hall–Kier alpha value is -2.04. The van der Waals surface area contributed by atoms with Crippen LogP contribution in [0.2, 0.25) is 0 Å². The van der Waals surface area contributed by atoms with Gasteiger partial charge in [-0.25, -0.2) is 4.79 Å². The van der Waals surface area contributed by atoms with E-state index in [1.165, 1.54) is 0 Å². The first-order valence-electron chi connectivity index (χ1n) is 8.06. The number of carbonyl (C=O) groups is 2. The molecule has 0 bridgehead atoms. The molecule has 1 aliphatic rings. The van der Waals surface area contributed by atoms with Crippen LogP contribution in [0.3, 0.4) is 0 Å². The normalized spacial score (nSPS) is 14.0. The predicted octanol–water partition coefficient (Wildman–Crippen LogP) is 2.47. The molecule has 5 nitrogen and oxygen atoms in total. The number of amides is 3. The van der Waals surface area contributed by atoms with Gasteiger partial charge in [0.1, 0.15) is 0 Å². The fourth-order valence-corrected chi connectivity index (χ4v) is 2.67. The van der Waals surface area contributed by atoms with Crippen molar-refractivity contribution in [3.63, 3.8) is 0 Å². The van der Waals surface area contributed by atoms with Gasteiger partial charge in [0.15, 0.2) is 0 Å². The number of hydrogen-bond acceptors (Lipinski definition) is 2. The van der Waals surface area contributed by atoms with E-state index in [0.29, 0.717) is 25.2 Å². The van der Waals surface area contributed by atoms with Crippen LogP contribution in [0.5, 0.6) is 0 Å². The van der Waals surface area contributed by atoms with Crippen molar-refractivity contribution in [3.8, 4) is 0 Å². The molecule has 3 amide bonds. The molecule has 0 saturated carbocycles. The highest BCUT2D eigenvalue weighted by Gasteiger charge is 2.17. The summed E-state index contributed by atoms with van der Waals surface area (Å²) in [7, 11) is 0. The fraction of sp³-hybridized carbons (Fsp3) is 0.529. The van der Waals surface area contributed by atoms with Gasteiger partial charge in [-0.1, -0.05) is 12.1 Å². The summed E-state index contributed by atoms with van der Waals surface area (Å²) in [6.07, 6.45) is 2.19. The van der Waals surface area contributed by atoms with E-state index in [9.17, 15) is 9.59 Å². The lowest BCUT2D eigenvalue weighted by Crippen LogP contribution is -2.37. The van der Waals surface area contributed by atoms with Crippen molar-refractivity contribution in [2.75, 3.05) is 26.2 Å². The van der Waals surface area contributed by atoms with E-state index >= 15 is 0 Å². The van der Waals surface area contributed by atoms with E-state index in [1.54, 1.807) is 4.90 Å². The Balaban J connectivity index is 1.88. The van der Waals surface area contributed by atoms with Crippen LogP contribution >= 0.6 is 0 Å². The van der Waals surface area contributed by atoms with E-state index in [-0.39, 0.29) is 11.9 Å². The topological polar surface area (TPSA) is 52.7 Å². The summed E-state index contributed by atoms with van der Waals surface area (Å²) in [5.41, 5.74) is 1.70. The maximum absolute atomic E-state index is 12.2. The molecule has 1 aliphatic heterocycles. The summed E-state index contributed by atoms with van der Waals surface area (Å²) < 4.78 is 0. The van der Waals surface area contributed by atoms with E-state index in [0.717, 1.165) is 31.5 Å². The summed E-state index contributed by atoms with van der Waals surface area (Å²) in [6.45, 7) is 7.57. The molecule has 1 fully saturated rings. The molecule has 1 heterocycles. The highest BCUT2D eigenvalue weighted by atomic mass is 16.2. The summed E-state index contributed by atoms with van der Waals surface area (Å²) >= 11 is 0. The van der Waals surface area contributed by atoms with Gasteiger partial charge >= 0.3 is 6.03 Å². The van der Waals surface area contributed by atoms with Gasteiger partial charge in [0.2, 0.25) is 0 Å².